The van der Waals surface area contributed by atoms with Crippen molar-refractivity contribution in [3.63, 3.8) is 0 Å². The summed E-state index contributed by atoms with van der Waals surface area (Å²) in [4.78, 5) is 16.6. The van der Waals surface area contributed by atoms with Gasteiger partial charge in [-0.05, 0) is 25.1 Å². The van der Waals surface area contributed by atoms with Gasteiger partial charge in [-0.3, -0.25) is 9.52 Å². The first-order chi connectivity index (χ1) is 10.3. The van der Waals surface area contributed by atoms with Crippen LogP contribution in [0.3, 0.4) is 0 Å². The molecular formula is C13H13N3O4S2. The van der Waals surface area contributed by atoms with Crippen LogP contribution in [0.15, 0.2) is 18.2 Å². The molecule has 0 fully saturated rings. The fourth-order valence-electron chi connectivity index (χ4n) is 2.10. The Balaban J connectivity index is 1.98. The minimum atomic E-state index is -3.36. The number of amides is 1. The summed E-state index contributed by atoms with van der Waals surface area (Å²) in [7, 11) is -3.36. The van der Waals surface area contributed by atoms with Crippen molar-refractivity contribution < 1.29 is 17.9 Å². The molecule has 0 saturated carbocycles. The van der Waals surface area contributed by atoms with Gasteiger partial charge in [-0.25, -0.2) is 13.4 Å². The molecule has 0 aliphatic carbocycles. The Bertz CT molecular complexity index is 858. The number of carbonyl (C=O) groups is 1. The van der Waals surface area contributed by atoms with Gasteiger partial charge in [-0.2, -0.15) is 0 Å². The van der Waals surface area contributed by atoms with Crippen molar-refractivity contribution in [1.29, 1.82) is 0 Å². The summed E-state index contributed by atoms with van der Waals surface area (Å²) < 4.78 is 30.2. The van der Waals surface area contributed by atoms with Crippen molar-refractivity contribution in [3.8, 4) is 17.0 Å². The molecule has 9 heteroatoms. The maximum absolute atomic E-state index is 11.4. The molecule has 116 valence electrons. The van der Waals surface area contributed by atoms with Crippen LogP contribution in [-0.4, -0.2) is 32.2 Å². The highest BCUT2D eigenvalue weighted by Crippen LogP contribution is 2.36. The van der Waals surface area contributed by atoms with Gasteiger partial charge in [-0.1, -0.05) is 0 Å². The molecule has 0 radical (unpaired) electrons. The van der Waals surface area contributed by atoms with Crippen LogP contribution in [-0.2, 0) is 14.8 Å². The molecule has 1 aromatic carbocycles. The van der Waals surface area contributed by atoms with Gasteiger partial charge in [0.15, 0.2) is 11.7 Å². The van der Waals surface area contributed by atoms with E-state index in [-0.39, 0.29) is 12.5 Å². The molecule has 0 atom stereocenters. The van der Waals surface area contributed by atoms with E-state index in [4.69, 9.17) is 4.74 Å². The van der Waals surface area contributed by atoms with Crippen molar-refractivity contribution in [2.75, 3.05) is 22.9 Å². The van der Waals surface area contributed by atoms with E-state index >= 15 is 0 Å². The van der Waals surface area contributed by atoms with Crippen molar-refractivity contribution in [1.82, 2.24) is 4.98 Å². The van der Waals surface area contributed by atoms with E-state index in [2.05, 4.69) is 15.0 Å². The van der Waals surface area contributed by atoms with Crippen molar-refractivity contribution in [2.24, 2.45) is 0 Å². The Hall–Kier alpha value is -2.13. The van der Waals surface area contributed by atoms with E-state index in [0.717, 1.165) is 16.7 Å². The highest BCUT2D eigenvalue weighted by atomic mass is 32.2. The molecule has 0 spiro atoms. The van der Waals surface area contributed by atoms with E-state index in [9.17, 15) is 13.2 Å². The van der Waals surface area contributed by atoms with E-state index < -0.39 is 10.0 Å². The topological polar surface area (TPSA) is 97.4 Å². The maximum atomic E-state index is 11.4. The van der Waals surface area contributed by atoms with Gasteiger partial charge in [0.25, 0.3) is 5.91 Å². The predicted molar refractivity (Wildman–Crippen MR) is 84.9 cm³/mol. The Morgan fingerprint density at radius 3 is 2.91 bits per heavy atom. The zero-order valence-corrected chi connectivity index (χ0v) is 13.5. The molecular weight excluding hydrogens is 326 g/mol. The number of aromatic nitrogens is 1. The van der Waals surface area contributed by atoms with E-state index in [1.54, 1.807) is 12.1 Å². The Morgan fingerprint density at radius 1 is 1.41 bits per heavy atom. The fourth-order valence-corrected chi connectivity index (χ4v) is 3.77. The lowest BCUT2D eigenvalue weighted by Gasteiger charge is -2.18. The van der Waals surface area contributed by atoms with Gasteiger partial charge >= 0.3 is 0 Å². The number of hydrogen-bond acceptors (Lipinski definition) is 6. The number of benzene rings is 1. The van der Waals surface area contributed by atoms with Crippen molar-refractivity contribution in [3.05, 3.63) is 23.1 Å². The normalized spacial score (nSPS) is 14.0. The second kappa shape index (κ2) is 5.25. The van der Waals surface area contributed by atoms with Crippen molar-refractivity contribution in [2.45, 2.75) is 6.92 Å². The van der Waals surface area contributed by atoms with Gasteiger partial charge in [0, 0.05) is 10.4 Å². The molecule has 2 heterocycles. The number of nitrogens with zero attached hydrogens (tertiary/aromatic N) is 1. The molecule has 2 aromatic rings. The third-order valence-corrected chi connectivity index (χ3v) is 4.53. The molecule has 0 unspecified atom stereocenters. The van der Waals surface area contributed by atoms with Gasteiger partial charge in [0.05, 0.1) is 17.6 Å². The summed E-state index contributed by atoms with van der Waals surface area (Å²) in [6.45, 7) is 1.86. The minimum Gasteiger partial charge on any atom is -0.482 e. The lowest BCUT2D eigenvalue weighted by Crippen LogP contribution is -2.25. The first kappa shape index (κ1) is 14.8. The zero-order valence-electron chi connectivity index (χ0n) is 11.8. The Morgan fingerprint density at radius 2 is 2.18 bits per heavy atom. The van der Waals surface area contributed by atoms with E-state index in [1.807, 2.05) is 13.0 Å². The van der Waals surface area contributed by atoms with Crippen LogP contribution in [0.2, 0.25) is 0 Å². The van der Waals surface area contributed by atoms with E-state index in [0.29, 0.717) is 22.3 Å². The molecule has 0 saturated heterocycles. The molecule has 0 bridgehead atoms. The number of nitrogens with one attached hydrogen (secondary N) is 2. The highest BCUT2D eigenvalue weighted by Gasteiger charge is 2.18. The molecule has 1 aliphatic heterocycles. The average Bonchev–Trinajstić information content (AvgIpc) is 2.76. The number of carbonyl (C=O) groups excluding carboxylic acids is 1. The molecule has 3 rings (SSSR count). The molecule has 1 aliphatic rings. The largest absolute Gasteiger partial charge is 0.482 e. The Labute approximate surface area is 131 Å². The summed E-state index contributed by atoms with van der Waals surface area (Å²) in [5.74, 6) is 0.393. The second-order valence-electron chi connectivity index (χ2n) is 4.85. The van der Waals surface area contributed by atoms with Crippen LogP contribution < -0.4 is 14.8 Å². The molecule has 7 nitrogen and oxygen atoms in total. The SMILES string of the molecule is Cc1sc(NS(C)(=O)=O)nc1-c1ccc2c(c1)NC(=O)CO2. The van der Waals surface area contributed by atoms with Gasteiger partial charge in [0.2, 0.25) is 10.0 Å². The number of aryl methyl sites for hydroxylation is 1. The highest BCUT2D eigenvalue weighted by molar-refractivity contribution is 7.92. The summed E-state index contributed by atoms with van der Waals surface area (Å²) in [5.41, 5.74) is 2.03. The standard InChI is InChI=1S/C13H13N3O4S2/c1-7-12(15-13(21-7)16-22(2,18)19)8-3-4-10-9(5-8)14-11(17)6-20-10/h3-5H,6H2,1-2H3,(H,14,17)(H,15,16). The second-order valence-corrected chi connectivity index (χ2v) is 7.80. The number of sulfonamides is 1. The summed E-state index contributed by atoms with van der Waals surface area (Å²) in [5, 5.41) is 3.05. The zero-order chi connectivity index (χ0) is 15.9. The van der Waals surface area contributed by atoms with Crippen LogP contribution >= 0.6 is 11.3 Å². The summed E-state index contributed by atoms with van der Waals surface area (Å²) in [6, 6.07) is 5.34. The van der Waals surface area contributed by atoms with Gasteiger partial charge in [0.1, 0.15) is 5.75 Å². The number of anilines is 2. The fraction of sp³-hybridized carbons (Fsp3) is 0.231. The molecule has 22 heavy (non-hydrogen) atoms. The quantitative estimate of drug-likeness (QED) is 0.889. The monoisotopic (exact) mass is 339 g/mol. The van der Waals surface area contributed by atoms with Crippen LogP contribution in [0.4, 0.5) is 10.8 Å². The van der Waals surface area contributed by atoms with Crippen LogP contribution in [0.5, 0.6) is 5.75 Å². The molecule has 1 aromatic heterocycles. The maximum Gasteiger partial charge on any atom is 0.262 e. The van der Waals surface area contributed by atoms with Gasteiger partial charge in [-0.15, -0.1) is 11.3 Å². The number of ether oxygens (including phenoxy) is 1. The number of fused-ring (bicyclic) bond motifs is 1. The predicted octanol–water partition coefficient (Wildman–Crippen LogP) is 1.82. The first-order valence-electron chi connectivity index (χ1n) is 6.34. The van der Waals surface area contributed by atoms with E-state index in [1.165, 1.54) is 11.3 Å². The third kappa shape index (κ3) is 3.04. The molecule has 2 N–H and O–H groups in total. The lowest BCUT2D eigenvalue weighted by atomic mass is 10.1. The third-order valence-electron chi connectivity index (χ3n) is 2.96. The van der Waals surface area contributed by atoms with Crippen LogP contribution in [0, 0.1) is 6.92 Å². The number of rotatable bonds is 3. The van der Waals surface area contributed by atoms with Crippen LogP contribution in [0.25, 0.3) is 11.3 Å². The summed E-state index contributed by atoms with van der Waals surface area (Å²) in [6.07, 6.45) is 1.08. The first-order valence-corrected chi connectivity index (χ1v) is 9.05. The molecule has 1 amide bonds. The average molecular weight is 339 g/mol. The van der Waals surface area contributed by atoms with Crippen molar-refractivity contribution >= 4 is 38.1 Å². The minimum absolute atomic E-state index is 0.00447. The van der Waals surface area contributed by atoms with Crippen LogP contribution in [0.1, 0.15) is 4.88 Å². The Kier molecular flexibility index (Phi) is 3.53. The summed E-state index contributed by atoms with van der Waals surface area (Å²) >= 11 is 1.25. The number of thiazole rings is 1. The van der Waals surface area contributed by atoms with Gasteiger partial charge < -0.3 is 10.1 Å². The number of hydrogen-bond donors (Lipinski definition) is 2. The smallest absolute Gasteiger partial charge is 0.262 e. The lowest BCUT2D eigenvalue weighted by molar-refractivity contribution is -0.118.